The summed E-state index contributed by atoms with van der Waals surface area (Å²) in [5, 5.41) is 9.53. The molecule has 2 fully saturated rings. The number of ether oxygens (including phenoxy) is 1. The molecule has 3 rings (SSSR count). The van der Waals surface area contributed by atoms with Gasteiger partial charge in [-0.15, -0.1) is 12.4 Å². The SMILES string of the molecule is Cl.NCC1(C(=O)N2CCN(C(=O)c3cccc(O)c3)CC2)CCOCC1. The van der Waals surface area contributed by atoms with Crippen molar-refractivity contribution in [1.29, 1.82) is 0 Å². The van der Waals surface area contributed by atoms with Crippen LogP contribution in [0.25, 0.3) is 0 Å². The summed E-state index contributed by atoms with van der Waals surface area (Å²) in [6.07, 6.45) is 1.32. The zero-order valence-corrected chi connectivity index (χ0v) is 15.5. The number of nitrogens with zero attached hydrogens (tertiary/aromatic N) is 2. The van der Waals surface area contributed by atoms with Gasteiger partial charge in [-0.2, -0.15) is 0 Å². The number of benzene rings is 1. The van der Waals surface area contributed by atoms with E-state index in [9.17, 15) is 14.7 Å². The number of aromatic hydroxyl groups is 1. The van der Waals surface area contributed by atoms with Crippen LogP contribution in [0.1, 0.15) is 23.2 Å². The molecule has 0 unspecified atom stereocenters. The van der Waals surface area contributed by atoms with Gasteiger partial charge in [0, 0.05) is 51.5 Å². The first-order chi connectivity index (χ1) is 12.1. The highest BCUT2D eigenvalue weighted by atomic mass is 35.5. The molecular formula is C18H26ClN3O4. The van der Waals surface area contributed by atoms with E-state index < -0.39 is 5.41 Å². The fourth-order valence-electron chi connectivity index (χ4n) is 3.54. The molecule has 0 aromatic heterocycles. The van der Waals surface area contributed by atoms with E-state index in [0.29, 0.717) is 64.3 Å². The molecule has 0 radical (unpaired) electrons. The quantitative estimate of drug-likeness (QED) is 0.806. The normalized spacial score (nSPS) is 19.6. The van der Waals surface area contributed by atoms with Crippen LogP contribution in [0.4, 0.5) is 0 Å². The number of nitrogens with two attached hydrogens (primary N) is 1. The molecule has 0 aliphatic carbocycles. The van der Waals surface area contributed by atoms with Crippen molar-refractivity contribution in [3.63, 3.8) is 0 Å². The molecule has 2 amide bonds. The van der Waals surface area contributed by atoms with Crippen molar-refractivity contribution in [1.82, 2.24) is 9.80 Å². The molecule has 7 nitrogen and oxygen atoms in total. The number of amides is 2. The molecule has 2 aliphatic rings. The number of carbonyl (C=O) groups is 2. The van der Waals surface area contributed by atoms with Gasteiger partial charge in [0.15, 0.2) is 0 Å². The van der Waals surface area contributed by atoms with Crippen molar-refractivity contribution in [3.8, 4) is 5.75 Å². The van der Waals surface area contributed by atoms with Gasteiger partial charge in [0.25, 0.3) is 5.91 Å². The average molecular weight is 384 g/mol. The minimum absolute atomic E-state index is 0. The Morgan fingerprint density at radius 1 is 1.12 bits per heavy atom. The van der Waals surface area contributed by atoms with E-state index in [-0.39, 0.29) is 30.0 Å². The molecule has 2 aliphatic heterocycles. The third-order valence-corrected chi connectivity index (χ3v) is 5.24. The molecule has 3 N–H and O–H groups in total. The maximum Gasteiger partial charge on any atom is 0.254 e. The van der Waals surface area contributed by atoms with Gasteiger partial charge in [0.05, 0.1) is 5.41 Å². The molecule has 2 saturated heterocycles. The molecule has 0 bridgehead atoms. The molecular weight excluding hydrogens is 358 g/mol. The lowest BCUT2D eigenvalue weighted by molar-refractivity contribution is -0.148. The third kappa shape index (κ3) is 4.11. The van der Waals surface area contributed by atoms with E-state index in [4.69, 9.17) is 10.5 Å². The number of piperazine rings is 1. The minimum Gasteiger partial charge on any atom is -0.508 e. The standard InChI is InChI=1S/C18H25N3O4.ClH/c19-13-18(4-10-25-11-5-18)17(24)21-8-6-20(7-9-21)16(23)14-2-1-3-15(22)12-14;/h1-3,12,22H,4-11,13,19H2;1H. The number of phenolic OH excluding ortho intramolecular Hbond substituents is 1. The van der Waals surface area contributed by atoms with Gasteiger partial charge in [-0.25, -0.2) is 0 Å². The van der Waals surface area contributed by atoms with Crippen molar-refractivity contribution < 1.29 is 19.4 Å². The third-order valence-electron chi connectivity index (χ3n) is 5.24. The van der Waals surface area contributed by atoms with E-state index in [0.717, 1.165) is 0 Å². The molecule has 1 aromatic carbocycles. The molecule has 144 valence electrons. The first kappa shape index (κ1) is 20.5. The van der Waals surface area contributed by atoms with Crippen LogP contribution >= 0.6 is 12.4 Å². The van der Waals surface area contributed by atoms with Crippen LogP contribution in [-0.2, 0) is 9.53 Å². The lowest BCUT2D eigenvalue weighted by Crippen LogP contribution is -2.57. The summed E-state index contributed by atoms with van der Waals surface area (Å²) >= 11 is 0. The van der Waals surface area contributed by atoms with Crippen LogP contribution in [0.15, 0.2) is 24.3 Å². The maximum absolute atomic E-state index is 13.0. The topological polar surface area (TPSA) is 96.1 Å². The predicted octanol–water partition coefficient (Wildman–Crippen LogP) is 0.854. The second kappa shape index (κ2) is 8.70. The second-order valence-corrected chi connectivity index (χ2v) is 6.73. The summed E-state index contributed by atoms with van der Waals surface area (Å²) in [5.74, 6) is 0.0365. The summed E-state index contributed by atoms with van der Waals surface area (Å²) in [5.41, 5.74) is 5.86. The summed E-state index contributed by atoms with van der Waals surface area (Å²) in [4.78, 5) is 29.0. The Morgan fingerprint density at radius 2 is 1.73 bits per heavy atom. The smallest absolute Gasteiger partial charge is 0.254 e. The van der Waals surface area contributed by atoms with Crippen LogP contribution in [0.2, 0.25) is 0 Å². The Morgan fingerprint density at radius 3 is 2.31 bits per heavy atom. The summed E-state index contributed by atoms with van der Waals surface area (Å²) in [6, 6.07) is 6.34. The van der Waals surface area contributed by atoms with Gasteiger partial charge < -0.3 is 25.4 Å². The number of halogens is 1. The Hall–Kier alpha value is -1.83. The first-order valence-electron chi connectivity index (χ1n) is 8.71. The highest BCUT2D eigenvalue weighted by Crippen LogP contribution is 2.32. The minimum atomic E-state index is -0.518. The van der Waals surface area contributed by atoms with E-state index in [1.54, 1.807) is 17.0 Å². The average Bonchev–Trinajstić information content (AvgIpc) is 2.67. The number of hydrogen-bond donors (Lipinski definition) is 2. The highest BCUT2D eigenvalue weighted by molar-refractivity contribution is 5.94. The molecule has 0 atom stereocenters. The summed E-state index contributed by atoms with van der Waals surface area (Å²) in [6.45, 7) is 3.45. The van der Waals surface area contributed by atoms with Crippen LogP contribution in [0.3, 0.4) is 0 Å². The fraction of sp³-hybridized carbons (Fsp3) is 0.556. The monoisotopic (exact) mass is 383 g/mol. The molecule has 1 aromatic rings. The van der Waals surface area contributed by atoms with Gasteiger partial charge in [0.2, 0.25) is 5.91 Å². The fourth-order valence-corrected chi connectivity index (χ4v) is 3.54. The number of hydrogen-bond acceptors (Lipinski definition) is 5. The largest absolute Gasteiger partial charge is 0.508 e. The van der Waals surface area contributed by atoms with Gasteiger partial charge in [-0.1, -0.05) is 6.07 Å². The first-order valence-corrected chi connectivity index (χ1v) is 8.71. The second-order valence-electron chi connectivity index (χ2n) is 6.73. The lowest BCUT2D eigenvalue weighted by Gasteiger charge is -2.42. The molecule has 26 heavy (non-hydrogen) atoms. The van der Waals surface area contributed by atoms with Crippen molar-refractivity contribution in [2.24, 2.45) is 11.1 Å². The van der Waals surface area contributed by atoms with E-state index in [1.165, 1.54) is 12.1 Å². The zero-order valence-electron chi connectivity index (χ0n) is 14.7. The van der Waals surface area contributed by atoms with Gasteiger partial charge in [0.1, 0.15) is 5.75 Å². The molecule has 0 spiro atoms. The number of carbonyl (C=O) groups excluding carboxylic acids is 2. The van der Waals surface area contributed by atoms with Crippen LogP contribution in [0, 0.1) is 5.41 Å². The zero-order chi connectivity index (χ0) is 17.9. The maximum atomic E-state index is 13.0. The van der Waals surface area contributed by atoms with Crippen molar-refractivity contribution in [2.45, 2.75) is 12.8 Å². The molecule has 0 saturated carbocycles. The van der Waals surface area contributed by atoms with E-state index in [1.807, 2.05) is 4.90 Å². The van der Waals surface area contributed by atoms with Crippen LogP contribution < -0.4 is 5.73 Å². The van der Waals surface area contributed by atoms with Crippen molar-refractivity contribution in [2.75, 3.05) is 45.9 Å². The number of rotatable bonds is 3. The Kier molecular flexibility index (Phi) is 6.86. The van der Waals surface area contributed by atoms with E-state index >= 15 is 0 Å². The van der Waals surface area contributed by atoms with E-state index in [2.05, 4.69) is 0 Å². The van der Waals surface area contributed by atoms with Gasteiger partial charge in [-0.3, -0.25) is 9.59 Å². The summed E-state index contributed by atoms with van der Waals surface area (Å²) < 4.78 is 5.37. The number of phenols is 1. The Balaban J connectivity index is 0.00000243. The van der Waals surface area contributed by atoms with Crippen LogP contribution in [-0.4, -0.2) is 72.7 Å². The van der Waals surface area contributed by atoms with Crippen LogP contribution in [0.5, 0.6) is 5.75 Å². The predicted molar refractivity (Wildman–Crippen MR) is 99.4 cm³/mol. The molecule has 2 heterocycles. The molecule has 8 heteroatoms. The van der Waals surface area contributed by atoms with Crippen molar-refractivity contribution in [3.05, 3.63) is 29.8 Å². The Bertz CT molecular complexity index is 641. The van der Waals surface area contributed by atoms with Gasteiger partial charge in [-0.05, 0) is 31.0 Å². The summed E-state index contributed by atoms with van der Waals surface area (Å²) in [7, 11) is 0. The lowest BCUT2D eigenvalue weighted by atomic mass is 9.78. The highest BCUT2D eigenvalue weighted by Gasteiger charge is 2.42. The van der Waals surface area contributed by atoms with Gasteiger partial charge >= 0.3 is 0 Å². The van der Waals surface area contributed by atoms with Crippen molar-refractivity contribution >= 4 is 24.2 Å². The Labute approximate surface area is 159 Å².